The van der Waals surface area contributed by atoms with Crippen LogP contribution in [0.1, 0.15) is 27.7 Å². The standard InChI is InChI=1S/C9H14O4/c1-5(2)13-9(12)8(6(3)10)7(4)11/h5,8H,1-4H3. The van der Waals surface area contributed by atoms with E-state index in [2.05, 4.69) is 0 Å². The average Bonchev–Trinajstić information content (AvgIpc) is 1.81. The van der Waals surface area contributed by atoms with Crippen molar-refractivity contribution in [2.75, 3.05) is 0 Å². The summed E-state index contributed by atoms with van der Waals surface area (Å²) in [6, 6.07) is 0. The average molecular weight is 186 g/mol. The van der Waals surface area contributed by atoms with Gasteiger partial charge >= 0.3 is 5.97 Å². The molecule has 0 heterocycles. The molecule has 4 heteroatoms. The Morgan fingerprint density at radius 2 is 1.38 bits per heavy atom. The largest absolute Gasteiger partial charge is 0.462 e. The SMILES string of the molecule is CC(=O)C(C(C)=O)C(=O)OC(C)C. The summed E-state index contributed by atoms with van der Waals surface area (Å²) in [4.78, 5) is 32.9. The Bertz CT molecular complexity index is 216. The van der Waals surface area contributed by atoms with Gasteiger partial charge in [0.25, 0.3) is 0 Å². The minimum atomic E-state index is -1.25. The summed E-state index contributed by atoms with van der Waals surface area (Å²) in [6.07, 6.45) is -0.311. The third-order valence-corrected chi connectivity index (χ3v) is 1.40. The van der Waals surface area contributed by atoms with E-state index in [1.54, 1.807) is 13.8 Å². The van der Waals surface area contributed by atoms with Gasteiger partial charge in [-0.3, -0.25) is 14.4 Å². The van der Waals surface area contributed by atoms with Gasteiger partial charge < -0.3 is 4.74 Å². The van der Waals surface area contributed by atoms with Gasteiger partial charge in [0.15, 0.2) is 17.5 Å². The van der Waals surface area contributed by atoms with Crippen molar-refractivity contribution < 1.29 is 19.1 Å². The maximum atomic E-state index is 11.2. The van der Waals surface area contributed by atoms with Crippen molar-refractivity contribution in [3.8, 4) is 0 Å². The molecule has 74 valence electrons. The highest BCUT2D eigenvalue weighted by Gasteiger charge is 2.29. The van der Waals surface area contributed by atoms with Gasteiger partial charge in [-0.05, 0) is 27.7 Å². The van der Waals surface area contributed by atoms with E-state index in [9.17, 15) is 14.4 Å². The first-order chi connectivity index (χ1) is 5.86. The van der Waals surface area contributed by atoms with E-state index >= 15 is 0 Å². The molecule has 0 unspecified atom stereocenters. The Morgan fingerprint density at radius 1 is 1.00 bits per heavy atom. The molecule has 0 aromatic carbocycles. The molecule has 0 fully saturated rings. The molecule has 0 amide bonds. The Morgan fingerprint density at radius 3 is 1.62 bits per heavy atom. The van der Waals surface area contributed by atoms with Crippen LogP contribution in [-0.4, -0.2) is 23.6 Å². The zero-order chi connectivity index (χ0) is 10.6. The summed E-state index contributed by atoms with van der Waals surface area (Å²) in [5.41, 5.74) is 0. The Kier molecular flexibility index (Phi) is 4.31. The molecule has 13 heavy (non-hydrogen) atoms. The van der Waals surface area contributed by atoms with Crippen molar-refractivity contribution in [3.63, 3.8) is 0 Å². The highest BCUT2D eigenvalue weighted by atomic mass is 16.5. The van der Waals surface area contributed by atoms with Crippen LogP contribution < -0.4 is 0 Å². The number of hydrogen-bond acceptors (Lipinski definition) is 4. The second-order valence-corrected chi connectivity index (χ2v) is 3.14. The summed E-state index contributed by atoms with van der Waals surface area (Å²) in [5.74, 6) is -2.95. The normalized spacial score (nSPS) is 10.3. The fourth-order valence-electron chi connectivity index (χ4n) is 0.919. The smallest absolute Gasteiger partial charge is 0.324 e. The van der Waals surface area contributed by atoms with Gasteiger partial charge in [0.05, 0.1) is 6.10 Å². The maximum Gasteiger partial charge on any atom is 0.324 e. The number of esters is 1. The molecular formula is C9H14O4. The molecule has 4 nitrogen and oxygen atoms in total. The van der Waals surface area contributed by atoms with Gasteiger partial charge in [0.1, 0.15) is 0 Å². The predicted octanol–water partition coefficient (Wildman–Crippen LogP) is 0.732. The van der Waals surface area contributed by atoms with Crippen molar-refractivity contribution >= 4 is 17.5 Å². The molecular weight excluding hydrogens is 172 g/mol. The van der Waals surface area contributed by atoms with E-state index in [0.717, 1.165) is 0 Å². The summed E-state index contributed by atoms with van der Waals surface area (Å²) in [7, 11) is 0. The molecule has 0 bridgehead atoms. The van der Waals surface area contributed by atoms with Crippen LogP contribution in [0.25, 0.3) is 0 Å². The van der Waals surface area contributed by atoms with Crippen molar-refractivity contribution in [3.05, 3.63) is 0 Å². The molecule has 0 atom stereocenters. The minimum absolute atomic E-state index is 0.311. The van der Waals surface area contributed by atoms with Crippen LogP contribution in [0.5, 0.6) is 0 Å². The van der Waals surface area contributed by atoms with E-state index < -0.39 is 23.5 Å². The zero-order valence-electron chi connectivity index (χ0n) is 8.29. The topological polar surface area (TPSA) is 60.4 Å². The third-order valence-electron chi connectivity index (χ3n) is 1.40. The lowest BCUT2D eigenvalue weighted by atomic mass is 10.0. The van der Waals surface area contributed by atoms with Gasteiger partial charge in [0, 0.05) is 0 Å². The Balaban J connectivity index is 4.48. The Hall–Kier alpha value is -1.19. The molecule has 0 aliphatic rings. The molecule has 0 spiro atoms. The van der Waals surface area contributed by atoms with E-state index in [1.165, 1.54) is 13.8 Å². The lowest BCUT2D eigenvalue weighted by Gasteiger charge is -2.12. The molecule has 0 aromatic heterocycles. The van der Waals surface area contributed by atoms with Crippen molar-refractivity contribution in [1.82, 2.24) is 0 Å². The first kappa shape index (κ1) is 11.8. The molecule has 0 radical (unpaired) electrons. The second kappa shape index (κ2) is 4.74. The number of hydrogen-bond donors (Lipinski definition) is 0. The van der Waals surface area contributed by atoms with Gasteiger partial charge in [0.2, 0.25) is 0 Å². The van der Waals surface area contributed by atoms with Crippen LogP contribution in [0, 0.1) is 5.92 Å². The number of carbonyl (C=O) groups is 3. The van der Waals surface area contributed by atoms with Crippen LogP contribution in [0.4, 0.5) is 0 Å². The third kappa shape index (κ3) is 3.83. The van der Waals surface area contributed by atoms with E-state index in [4.69, 9.17) is 4.74 Å². The van der Waals surface area contributed by atoms with E-state index in [1.807, 2.05) is 0 Å². The summed E-state index contributed by atoms with van der Waals surface area (Å²) < 4.78 is 4.75. The molecule has 0 aliphatic heterocycles. The van der Waals surface area contributed by atoms with Gasteiger partial charge in [-0.2, -0.15) is 0 Å². The highest BCUT2D eigenvalue weighted by Crippen LogP contribution is 2.05. The van der Waals surface area contributed by atoms with Crippen molar-refractivity contribution in [2.24, 2.45) is 5.92 Å². The van der Waals surface area contributed by atoms with Crippen LogP contribution >= 0.6 is 0 Å². The van der Waals surface area contributed by atoms with Gasteiger partial charge in [-0.15, -0.1) is 0 Å². The van der Waals surface area contributed by atoms with E-state index in [-0.39, 0.29) is 6.10 Å². The number of rotatable bonds is 4. The molecule has 0 aromatic rings. The first-order valence-electron chi connectivity index (χ1n) is 4.07. The summed E-state index contributed by atoms with van der Waals surface area (Å²) in [5, 5.41) is 0. The zero-order valence-corrected chi connectivity index (χ0v) is 8.29. The Labute approximate surface area is 77.3 Å². The number of ether oxygens (including phenoxy) is 1. The van der Waals surface area contributed by atoms with Crippen molar-refractivity contribution in [2.45, 2.75) is 33.8 Å². The number of Topliss-reactive ketones (excluding diaryl/α,β-unsaturated/α-hetero) is 2. The minimum Gasteiger partial charge on any atom is -0.462 e. The van der Waals surface area contributed by atoms with Gasteiger partial charge in [-0.25, -0.2) is 0 Å². The monoisotopic (exact) mass is 186 g/mol. The highest BCUT2D eigenvalue weighted by molar-refractivity contribution is 6.15. The van der Waals surface area contributed by atoms with Gasteiger partial charge in [-0.1, -0.05) is 0 Å². The first-order valence-corrected chi connectivity index (χ1v) is 4.07. The molecule has 0 aliphatic carbocycles. The maximum absolute atomic E-state index is 11.2. The fourth-order valence-corrected chi connectivity index (χ4v) is 0.919. The van der Waals surface area contributed by atoms with Crippen molar-refractivity contribution in [1.29, 1.82) is 0 Å². The molecule has 0 rings (SSSR count). The summed E-state index contributed by atoms with van der Waals surface area (Å²) >= 11 is 0. The quantitative estimate of drug-likeness (QED) is 0.479. The lowest BCUT2D eigenvalue weighted by Crippen LogP contribution is -2.31. The second-order valence-electron chi connectivity index (χ2n) is 3.14. The molecule has 0 saturated heterocycles. The van der Waals surface area contributed by atoms with Crippen LogP contribution in [0.2, 0.25) is 0 Å². The summed E-state index contributed by atoms with van der Waals surface area (Å²) in [6.45, 7) is 5.73. The fraction of sp³-hybridized carbons (Fsp3) is 0.667. The number of ketones is 2. The van der Waals surface area contributed by atoms with Crippen LogP contribution in [0.3, 0.4) is 0 Å². The molecule has 0 saturated carbocycles. The van der Waals surface area contributed by atoms with E-state index in [0.29, 0.717) is 0 Å². The molecule has 0 N–H and O–H groups in total. The number of carbonyl (C=O) groups excluding carboxylic acids is 3. The lowest BCUT2D eigenvalue weighted by molar-refractivity contribution is -0.157. The predicted molar refractivity (Wildman–Crippen MR) is 46.1 cm³/mol. The van der Waals surface area contributed by atoms with Crippen LogP contribution in [0.15, 0.2) is 0 Å². The van der Waals surface area contributed by atoms with Crippen LogP contribution in [-0.2, 0) is 19.1 Å².